The van der Waals surface area contributed by atoms with Crippen molar-refractivity contribution >= 4 is 49.5 Å². The van der Waals surface area contributed by atoms with Crippen molar-refractivity contribution in [3.05, 3.63) is 121 Å². The summed E-state index contributed by atoms with van der Waals surface area (Å²) in [7, 11) is 0. The Labute approximate surface area is 263 Å². The minimum absolute atomic E-state index is 0.0521. The van der Waals surface area contributed by atoms with Gasteiger partial charge in [-0.1, -0.05) is 46.3 Å². The van der Waals surface area contributed by atoms with Crippen LogP contribution in [0.15, 0.2) is 93.4 Å². The Morgan fingerprint density at radius 3 is 2.21 bits per heavy atom. The molecular formula is C34H30Br2N2O4. The molecule has 0 aliphatic heterocycles. The number of nitrogens with one attached hydrogen (secondary N) is 1. The van der Waals surface area contributed by atoms with Crippen LogP contribution in [0.5, 0.6) is 17.2 Å². The van der Waals surface area contributed by atoms with Gasteiger partial charge in [0.05, 0.1) is 11.1 Å². The van der Waals surface area contributed by atoms with E-state index in [1.54, 1.807) is 36.4 Å². The molecule has 42 heavy (non-hydrogen) atoms. The highest BCUT2D eigenvalue weighted by molar-refractivity contribution is 9.10. The third-order valence-electron chi connectivity index (χ3n) is 6.39. The van der Waals surface area contributed by atoms with Crippen LogP contribution in [0.2, 0.25) is 0 Å². The Kier molecular flexibility index (Phi) is 10.8. The van der Waals surface area contributed by atoms with Gasteiger partial charge < -0.3 is 19.5 Å². The van der Waals surface area contributed by atoms with Crippen LogP contribution < -0.4 is 19.5 Å². The zero-order chi connectivity index (χ0) is 30.1. The summed E-state index contributed by atoms with van der Waals surface area (Å²) in [6, 6.07) is 26.7. The number of hydrogen-bond acceptors (Lipinski definition) is 5. The fourth-order valence-electron chi connectivity index (χ4n) is 4.02. The summed E-state index contributed by atoms with van der Waals surface area (Å²) in [6.07, 6.45) is 1.52. The van der Waals surface area contributed by atoms with Gasteiger partial charge in [-0.05, 0) is 119 Å². The number of nitrogens with zero attached hydrogens (tertiary/aromatic N) is 1. The molecule has 0 aliphatic rings. The second-order valence-electron chi connectivity index (χ2n) is 9.53. The van der Waals surface area contributed by atoms with Gasteiger partial charge in [-0.3, -0.25) is 4.79 Å². The normalized spacial score (nSPS) is 11.0. The predicted molar refractivity (Wildman–Crippen MR) is 173 cm³/mol. The first kappa shape index (κ1) is 30.9. The van der Waals surface area contributed by atoms with Crippen molar-refractivity contribution < 1.29 is 19.0 Å². The van der Waals surface area contributed by atoms with Crippen molar-refractivity contribution in [1.29, 1.82) is 5.26 Å². The molecule has 0 radical (unpaired) electrons. The first-order valence-corrected chi connectivity index (χ1v) is 14.9. The number of amides is 1. The van der Waals surface area contributed by atoms with E-state index in [0.29, 0.717) is 52.8 Å². The lowest BCUT2D eigenvalue weighted by Gasteiger charge is -2.15. The smallest absolute Gasteiger partial charge is 0.266 e. The second-order valence-corrected chi connectivity index (χ2v) is 11.3. The zero-order valence-corrected chi connectivity index (χ0v) is 26.7. The van der Waals surface area contributed by atoms with Gasteiger partial charge in [-0.15, -0.1) is 0 Å². The van der Waals surface area contributed by atoms with Crippen LogP contribution in [0, 0.1) is 25.2 Å². The van der Waals surface area contributed by atoms with Gasteiger partial charge >= 0.3 is 0 Å². The summed E-state index contributed by atoms with van der Waals surface area (Å²) in [5, 5.41) is 12.5. The Bertz CT molecular complexity index is 1630. The van der Waals surface area contributed by atoms with Crippen LogP contribution in [-0.4, -0.2) is 12.5 Å². The number of rotatable bonds is 11. The number of ether oxygens (including phenoxy) is 3. The molecular weight excluding hydrogens is 660 g/mol. The van der Waals surface area contributed by atoms with Crippen molar-refractivity contribution in [3.8, 4) is 23.3 Å². The van der Waals surface area contributed by atoms with Crippen LogP contribution in [0.25, 0.3) is 6.08 Å². The number of carbonyl (C=O) groups is 1. The van der Waals surface area contributed by atoms with E-state index in [1.165, 1.54) is 17.2 Å². The maximum absolute atomic E-state index is 12.9. The van der Waals surface area contributed by atoms with E-state index in [0.717, 1.165) is 15.6 Å². The Morgan fingerprint density at radius 1 is 0.857 bits per heavy atom. The molecule has 4 aromatic carbocycles. The van der Waals surface area contributed by atoms with Crippen molar-refractivity contribution in [2.75, 3.05) is 11.9 Å². The summed E-state index contributed by atoms with van der Waals surface area (Å²) in [5.74, 6) is 1.21. The first-order valence-electron chi connectivity index (χ1n) is 13.3. The minimum Gasteiger partial charge on any atom is -0.490 e. The molecule has 0 spiro atoms. The summed E-state index contributed by atoms with van der Waals surface area (Å²) < 4.78 is 19.5. The molecule has 0 bridgehead atoms. The Morgan fingerprint density at radius 2 is 1.55 bits per heavy atom. The van der Waals surface area contributed by atoms with Gasteiger partial charge in [0.1, 0.15) is 30.6 Å². The second kappa shape index (κ2) is 14.7. The van der Waals surface area contributed by atoms with Gasteiger partial charge in [-0.25, -0.2) is 0 Å². The van der Waals surface area contributed by atoms with Crippen molar-refractivity contribution in [1.82, 2.24) is 0 Å². The van der Waals surface area contributed by atoms with Crippen molar-refractivity contribution in [3.63, 3.8) is 0 Å². The maximum Gasteiger partial charge on any atom is 0.266 e. The van der Waals surface area contributed by atoms with Gasteiger partial charge in [-0.2, -0.15) is 5.26 Å². The number of hydrogen-bond donors (Lipinski definition) is 1. The van der Waals surface area contributed by atoms with Crippen LogP contribution in [0.1, 0.15) is 34.7 Å². The van der Waals surface area contributed by atoms with Crippen molar-refractivity contribution in [2.24, 2.45) is 0 Å². The van der Waals surface area contributed by atoms with Crippen LogP contribution >= 0.6 is 31.9 Å². The number of benzene rings is 4. The molecule has 4 rings (SSSR count). The molecule has 1 amide bonds. The highest BCUT2D eigenvalue weighted by atomic mass is 79.9. The van der Waals surface area contributed by atoms with E-state index in [9.17, 15) is 10.1 Å². The summed E-state index contributed by atoms with van der Waals surface area (Å²) in [4.78, 5) is 12.9. The van der Waals surface area contributed by atoms with E-state index < -0.39 is 5.91 Å². The highest BCUT2D eigenvalue weighted by Crippen LogP contribution is 2.38. The van der Waals surface area contributed by atoms with Gasteiger partial charge in [0.15, 0.2) is 11.5 Å². The molecule has 0 saturated carbocycles. The van der Waals surface area contributed by atoms with E-state index in [-0.39, 0.29) is 5.57 Å². The number of nitriles is 1. The molecule has 0 heterocycles. The SMILES string of the molecule is CCOc1cc(/C=C(\C#N)C(=O)Nc2ccc(OCc3ccc(Br)cc3)cc2)cc(Br)c1OCc1ccc(C)c(C)c1. The molecule has 0 aromatic heterocycles. The third-order valence-corrected chi connectivity index (χ3v) is 7.51. The van der Waals surface area contributed by atoms with Crippen molar-refractivity contribution in [2.45, 2.75) is 34.0 Å². The molecule has 214 valence electrons. The lowest BCUT2D eigenvalue weighted by atomic mass is 10.1. The fraction of sp³-hybridized carbons (Fsp3) is 0.176. The first-order chi connectivity index (χ1) is 20.2. The number of anilines is 1. The predicted octanol–water partition coefficient (Wildman–Crippen LogP) is 8.93. The van der Waals surface area contributed by atoms with E-state index in [1.807, 2.05) is 43.3 Å². The molecule has 0 unspecified atom stereocenters. The molecule has 8 heteroatoms. The average Bonchev–Trinajstić information content (AvgIpc) is 2.98. The van der Waals surface area contributed by atoms with Crippen LogP contribution in [0.3, 0.4) is 0 Å². The van der Waals surface area contributed by atoms with Gasteiger partial charge in [0.25, 0.3) is 5.91 Å². The van der Waals surface area contributed by atoms with Gasteiger partial charge in [0.2, 0.25) is 0 Å². The lowest BCUT2D eigenvalue weighted by Crippen LogP contribution is -2.13. The minimum atomic E-state index is -0.523. The molecule has 0 atom stereocenters. The summed E-state index contributed by atoms with van der Waals surface area (Å²) in [6.45, 7) is 7.25. The number of halogens is 2. The van der Waals surface area contributed by atoms with E-state index in [2.05, 4.69) is 63.2 Å². The Hall–Kier alpha value is -4.06. The van der Waals surface area contributed by atoms with E-state index in [4.69, 9.17) is 14.2 Å². The molecule has 1 N–H and O–H groups in total. The molecule has 4 aromatic rings. The molecule has 0 saturated heterocycles. The largest absolute Gasteiger partial charge is 0.490 e. The topological polar surface area (TPSA) is 80.6 Å². The lowest BCUT2D eigenvalue weighted by molar-refractivity contribution is -0.112. The quantitative estimate of drug-likeness (QED) is 0.126. The van der Waals surface area contributed by atoms with Crippen LogP contribution in [-0.2, 0) is 18.0 Å². The van der Waals surface area contributed by atoms with Crippen LogP contribution in [0.4, 0.5) is 5.69 Å². The summed E-state index contributed by atoms with van der Waals surface area (Å²) >= 11 is 7.00. The third kappa shape index (κ3) is 8.48. The molecule has 6 nitrogen and oxygen atoms in total. The number of carbonyl (C=O) groups excluding carboxylic acids is 1. The Balaban J connectivity index is 1.44. The zero-order valence-electron chi connectivity index (χ0n) is 23.5. The summed E-state index contributed by atoms with van der Waals surface area (Å²) in [5.41, 5.74) is 5.62. The standard InChI is InChI=1S/C34H30Br2N2O4/c1-4-40-32-18-26(17-31(36)33(32)42-21-25-6-5-22(2)23(3)15-25)16-27(19-37)34(39)38-29-11-13-30(14-12-29)41-20-24-7-9-28(35)10-8-24/h5-18H,4,20-21H2,1-3H3,(H,38,39)/b27-16+. The number of aryl methyl sites for hydroxylation is 2. The van der Waals surface area contributed by atoms with E-state index >= 15 is 0 Å². The maximum atomic E-state index is 12.9. The highest BCUT2D eigenvalue weighted by Gasteiger charge is 2.15. The molecule has 0 fully saturated rings. The molecule has 0 aliphatic carbocycles. The average molecular weight is 690 g/mol. The fourth-order valence-corrected chi connectivity index (χ4v) is 4.86. The monoisotopic (exact) mass is 688 g/mol. The van der Waals surface area contributed by atoms with Gasteiger partial charge in [0, 0.05) is 10.2 Å².